The molecule has 6 nitrogen and oxygen atoms in total. The number of carboxylic acids is 1. The standard InChI is InChI=1S/C15H22N2O4/c1-2-10(7-8-16)3-6-14(19)17-12-9-11(15(20)21)4-5-13(12)18/h4-5,9-10,18H,2-3,6-8,16H2,1H3,(H,17,19)(H,20,21). The Kier molecular flexibility index (Phi) is 6.68. The largest absolute Gasteiger partial charge is 0.506 e. The van der Waals surface area contributed by atoms with E-state index in [0.717, 1.165) is 19.3 Å². The summed E-state index contributed by atoms with van der Waals surface area (Å²) in [5, 5.41) is 21.1. The average Bonchev–Trinajstić information content (AvgIpc) is 2.45. The van der Waals surface area contributed by atoms with Gasteiger partial charge in [0.05, 0.1) is 11.3 Å². The van der Waals surface area contributed by atoms with E-state index >= 15 is 0 Å². The highest BCUT2D eigenvalue weighted by molar-refractivity contribution is 5.95. The molecule has 1 amide bonds. The molecule has 0 saturated heterocycles. The van der Waals surface area contributed by atoms with Crippen LogP contribution in [0.3, 0.4) is 0 Å². The summed E-state index contributed by atoms with van der Waals surface area (Å²) in [6, 6.07) is 3.77. The number of carbonyl (C=O) groups is 2. The lowest BCUT2D eigenvalue weighted by Crippen LogP contribution is -2.15. The van der Waals surface area contributed by atoms with Crippen LogP contribution in [0.4, 0.5) is 5.69 Å². The molecular formula is C15H22N2O4. The van der Waals surface area contributed by atoms with Crippen molar-refractivity contribution >= 4 is 17.6 Å². The number of anilines is 1. The van der Waals surface area contributed by atoms with Crippen molar-refractivity contribution in [3.63, 3.8) is 0 Å². The zero-order chi connectivity index (χ0) is 15.8. The van der Waals surface area contributed by atoms with Crippen LogP contribution in [-0.4, -0.2) is 28.6 Å². The van der Waals surface area contributed by atoms with Gasteiger partial charge in [-0.25, -0.2) is 4.79 Å². The average molecular weight is 294 g/mol. The molecule has 1 atom stereocenters. The van der Waals surface area contributed by atoms with Crippen molar-refractivity contribution < 1.29 is 19.8 Å². The van der Waals surface area contributed by atoms with E-state index in [9.17, 15) is 14.7 Å². The number of benzene rings is 1. The van der Waals surface area contributed by atoms with Gasteiger partial charge in [0, 0.05) is 6.42 Å². The van der Waals surface area contributed by atoms with Crippen molar-refractivity contribution in [1.82, 2.24) is 0 Å². The van der Waals surface area contributed by atoms with Gasteiger partial charge >= 0.3 is 5.97 Å². The van der Waals surface area contributed by atoms with E-state index < -0.39 is 5.97 Å². The molecule has 1 aromatic rings. The topological polar surface area (TPSA) is 113 Å². The van der Waals surface area contributed by atoms with Gasteiger partial charge in [-0.3, -0.25) is 4.79 Å². The number of aromatic hydroxyl groups is 1. The van der Waals surface area contributed by atoms with E-state index in [4.69, 9.17) is 10.8 Å². The van der Waals surface area contributed by atoms with Gasteiger partial charge in [-0.15, -0.1) is 0 Å². The summed E-state index contributed by atoms with van der Waals surface area (Å²) in [6.45, 7) is 2.65. The zero-order valence-corrected chi connectivity index (χ0v) is 12.1. The molecule has 1 rings (SSSR count). The number of hydrogen-bond donors (Lipinski definition) is 4. The zero-order valence-electron chi connectivity index (χ0n) is 12.1. The number of carbonyl (C=O) groups excluding carboxylic acids is 1. The number of carboxylic acid groups (broad SMARTS) is 1. The Morgan fingerprint density at radius 3 is 2.62 bits per heavy atom. The second-order valence-corrected chi connectivity index (χ2v) is 4.98. The van der Waals surface area contributed by atoms with E-state index in [0.29, 0.717) is 18.9 Å². The fourth-order valence-corrected chi connectivity index (χ4v) is 2.11. The lowest BCUT2D eigenvalue weighted by molar-refractivity contribution is -0.116. The number of rotatable bonds is 8. The first-order chi connectivity index (χ1) is 9.97. The number of nitrogens with two attached hydrogens (primary N) is 1. The number of nitrogens with one attached hydrogen (secondary N) is 1. The van der Waals surface area contributed by atoms with E-state index in [1.54, 1.807) is 0 Å². The monoisotopic (exact) mass is 294 g/mol. The van der Waals surface area contributed by atoms with E-state index in [1.165, 1.54) is 18.2 Å². The first kappa shape index (κ1) is 17.0. The Morgan fingerprint density at radius 2 is 2.05 bits per heavy atom. The molecule has 116 valence electrons. The molecule has 6 heteroatoms. The Labute approximate surface area is 124 Å². The molecule has 0 saturated carbocycles. The Bertz CT molecular complexity index is 502. The van der Waals surface area contributed by atoms with Crippen LogP contribution in [0.1, 0.15) is 43.0 Å². The van der Waals surface area contributed by atoms with E-state index in [1.807, 2.05) is 0 Å². The first-order valence-electron chi connectivity index (χ1n) is 7.04. The lowest BCUT2D eigenvalue weighted by Gasteiger charge is -2.13. The van der Waals surface area contributed by atoms with Crippen LogP contribution < -0.4 is 11.1 Å². The molecule has 1 unspecified atom stereocenters. The highest BCUT2D eigenvalue weighted by Crippen LogP contribution is 2.25. The molecule has 5 N–H and O–H groups in total. The second kappa shape index (κ2) is 8.26. The van der Waals surface area contributed by atoms with Crippen molar-refractivity contribution in [3.05, 3.63) is 23.8 Å². The van der Waals surface area contributed by atoms with Crippen LogP contribution in [0, 0.1) is 5.92 Å². The molecular weight excluding hydrogens is 272 g/mol. The van der Waals surface area contributed by atoms with E-state index in [-0.39, 0.29) is 22.9 Å². The number of amides is 1. The van der Waals surface area contributed by atoms with Gasteiger partial charge in [0.25, 0.3) is 0 Å². The maximum absolute atomic E-state index is 11.9. The number of phenols is 1. The molecule has 0 spiro atoms. The van der Waals surface area contributed by atoms with Gasteiger partial charge in [-0.05, 0) is 43.5 Å². The third-order valence-corrected chi connectivity index (χ3v) is 3.45. The maximum Gasteiger partial charge on any atom is 0.335 e. The molecule has 0 aliphatic heterocycles. The molecule has 0 aliphatic carbocycles. The molecule has 0 aliphatic rings. The van der Waals surface area contributed by atoms with Crippen molar-refractivity contribution in [2.24, 2.45) is 11.7 Å². The van der Waals surface area contributed by atoms with Gasteiger partial charge in [-0.2, -0.15) is 0 Å². The van der Waals surface area contributed by atoms with Gasteiger partial charge in [-0.1, -0.05) is 13.3 Å². The van der Waals surface area contributed by atoms with Gasteiger partial charge < -0.3 is 21.3 Å². The minimum absolute atomic E-state index is 0.0117. The second-order valence-electron chi connectivity index (χ2n) is 4.98. The quantitative estimate of drug-likeness (QED) is 0.549. The summed E-state index contributed by atoms with van der Waals surface area (Å²) in [5.41, 5.74) is 5.64. The first-order valence-corrected chi connectivity index (χ1v) is 7.04. The summed E-state index contributed by atoms with van der Waals surface area (Å²) < 4.78 is 0. The van der Waals surface area contributed by atoms with Gasteiger partial charge in [0.15, 0.2) is 0 Å². The smallest absolute Gasteiger partial charge is 0.335 e. The third-order valence-electron chi connectivity index (χ3n) is 3.45. The van der Waals surface area contributed by atoms with Crippen LogP contribution in [0.2, 0.25) is 0 Å². The highest BCUT2D eigenvalue weighted by Gasteiger charge is 2.12. The summed E-state index contributed by atoms with van der Waals surface area (Å²) in [5.74, 6) is -1.11. The molecule has 0 radical (unpaired) electrons. The van der Waals surface area contributed by atoms with Crippen molar-refractivity contribution in [2.45, 2.75) is 32.6 Å². The molecule has 0 aromatic heterocycles. The molecule has 0 bridgehead atoms. The molecule has 0 fully saturated rings. The lowest BCUT2D eigenvalue weighted by atomic mass is 9.96. The Hall–Kier alpha value is -2.08. The van der Waals surface area contributed by atoms with Gasteiger partial charge in [0.1, 0.15) is 5.75 Å². The van der Waals surface area contributed by atoms with Crippen LogP contribution >= 0.6 is 0 Å². The minimum Gasteiger partial charge on any atom is -0.506 e. The van der Waals surface area contributed by atoms with Crippen LogP contribution in [0.5, 0.6) is 5.75 Å². The maximum atomic E-state index is 11.9. The predicted octanol–water partition coefficient (Wildman–Crippen LogP) is 2.18. The fraction of sp³-hybridized carbons (Fsp3) is 0.467. The minimum atomic E-state index is -1.11. The third kappa shape index (κ3) is 5.43. The summed E-state index contributed by atoms with van der Waals surface area (Å²) >= 11 is 0. The number of aromatic carboxylic acids is 1. The van der Waals surface area contributed by atoms with E-state index in [2.05, 4.69) is 12.2 Å². The summed E-state index contributed by atoms with van der Waals surface area (Å²) in [4.78, 5) is 22.7. The normalized spacial score (nSPS) is 11.9. The number of phenolic OH excluding ortho intramolecular Hbond substituents is 1. The summed E-state index contributed by atoms with van der Waals surface area (Å²) in [7, 11) is 0. The van der Waals surface area contributed by atoms with Crippen LogP contribution in [0.25, 0.3) is 0 Å². The number of hydrogen-bond acceptors (Lipinski definition) is 4. The Balaban J connectivity index is 2.62. The SMILES string of the molecule is CCC(CCN)CCC(=O)Nc1cc(C(=O)O)ccc1O. The molecule has 1 aromatic carbocycles. The van der Waals surface area contributed by atoms with Gasteiger partial charge in [0.2, 0.25) is 5.91 Å². The van der Waals surface area contributed by atoms with Crippen LogP contribution in [-0.2, 0) is 4.79 Å². The molecule has 0 heterocycles. The molecule has 21 heavy (non-hydrogen) atoms. The van der Waals surface area contributed by atoms with Crippen molar-refractivity contribution in [1.29, 1.82) is 0 Å². The highest BCUT2D eigenvalue weighted by atomic mass is 16.4. The fourth-order valence-electron chi connectivity index (χ4n) is 2.11. The van der Waals surface area contributed by atoms with Crippen molar-refractivity contribution in [3.8, 4) is 5.75 Å². The summed E-state index contributed by atoms with van der Waals surface area (Å²) in [6.07, 6.45) is 2.88. The van der Waals surface area contributed by atoms with Crippen molar-refractivity contribution in [2.75, 3.05) is 11.9 Å². The van der Waals surface area contributed by atoms with Crippen LogP contribution in [0.15, 0.2) is 18.2 Å². The predicted molar refractivity (Wildman–Crippen MR) is 80.4 cm³/mol. The Morgan fingerprint density at radius 1 is 1.33 bits per heavy atom.